The number of carboxylic acids is 1. The summed E-state index contributed by atoms with van der Waals surface area (Å²) in [6.07, 6.45) is 3.48. The first-order valence-corrected chi connectivity index (χ1v) is 7.38. The predicted molar refractivity (Wildman–Crippen MR) is 80.1 cm³/mol. The fraction of sp³-hybridized carbons (Fsp3) is 0.533. The van der Waals surface area contributed by atoms with E-state index in [4.69, 9.17) is 23.2 Å². The van der Waals surface area contributed by atoms with Gasteiger partial charge in [0.1, 0.15) is 0 Å². The lowest BCUT2D eigenvalue weighted by Crippen LogP contribution is -2.33. The number of unbranched alkanes of at least 4 members (excludes halogenated alkanes) is 1. The predicted octanol–water partition coefficient (Wildman–Crippen LogP) is 5.21. The summed E-state index contributed by atoms with van der Waals surface area (Å²) in [7, 11) is 0. The molecule has 1 rings (SSSR count). The van der Waals surface area contributed by atoms with Crippen molar-refractivity contribution in [3.63, 3.8) is 0 Å². The second kappa shape index (κ2) is 7.16. The number of rotatable bonds is 7. The zero-order chi connectivity index (χ0) is 14.5. The van der Waals surface area contributed by atoms with Gasteiger partial charge < -0.3 is 5.11 Å². The van der Waals surface area contributed by atoms with Crippen molar-refractivity contribution in [2.45, 2.75) is 46.0 Å². The molecule has 4 heteroatoms. The van der Waals surface area contributed by atoms with Crippen molar-refractivity contribution in [2.75, 3.05) is 0 Å². The van der Waals surface area contributed by atoms with Crippen LogP contribution in [0.1, 0.15) is 45.1 Å². The van der Waals surface area contributed by atoms with Gasteiger partial charge in [-0.1, -0.05) is 56.0 Å². The highest BCUT2D eigenvalue weighted by Crippen LogP contribution is 2.37. The van der Waals surface area contributed by atoms with E-state index in [1.165, 1.54) is 0 Å². The highest BCUT2D eigenvalue weighted by molar-refractivity contribution is 6.36. The van der Waals surface area contributed by atoms with Crippen LogP contribution in [-0.2, 0) is 11.2 Å². The van der Waals surface area contributed by atoms with Crippen molar-refractivity contribution in [3.05, 3.63) is 33.8 Å². The number of carboxylic acid groups (broad SMARTS) is 1. The molecule has 0 aliphatic rings. The minimum atomic E-state index is -0.773. The van der Waals surface area contributed by atoms with Crippen LogP contribution in [0.3, 0.4) is 0 Å². The largest absolute Gasteiger partial charge is 0.481 e. The number of benzene rings is 1. The SMILES string of the molecule is CCCCC(CC)(Cc1c(Cl)cccc1Cl)C(=O)O. The van der Waals surface area contributed by atoms with E-state index >= 15 is 0 Å². The molecule has 2 nitrogen and oxygen atoms in total. The van der Waals surface area contributed by atoms with E-state index < -0.39 is 11.4 Å². The maximum atomic E-state index is 11.7. The van der Waals surface area contributed by atoms with Crippen LogP contribution in [0.2, 0.25) is 10.0 Å². The molecule has 0 amide bonds. The van der Waals surface area contributed by atoms with Gasteiger partial charge in [0.25, 0.3) is 0 Å². The number of aliphatic carboxylic acids is 1. The third kappa shape index (κ3) is 3.87. The summed E-state index contributed by atoms with van der Waals surface area (Å²) in [5.74, 6) is -0.764. The van der Waals surface area contributed by atoms with E-state index in [-0.39, 0.29) is 0 Å². The molecule has 0 heterocycles. The Bertz CT molecular complexity index is 426. The summed E-state index contributed by atoms with van der Waals surface area (Å²) in [5, 5.41) is 10.7. The molecule has 0 aromatic heterocycles. The highest BCUT2D eigenvalue weighted by atomic mass is 35.5. The topological polar surface area (TPSA) is 37.3 Å². The third-order valence-corrected chi connectivity index (χ3v) is 4.42. The summed E-state index contributed by atoms with van der Waals surface area (Å²) in [5.41, 5.74) is -0.0313. The molecule has 19 heavy (non-hydrogen) atoms. The summed E-state index contributed by atoms with van der Waals surface area (Å²) >= 11 is 12.3. The minimum Gasteiger partial charge on any atom is -0.481 e. The molecule has 0 aliphatic heterocycles. The van der Waals surface area contributed by atoms with Gasteiger partial charge in [-0.25, -0.2) is 0 Å². The standard InChI is InChI=1S/C15H20Cl2O2/c1-3-5-9-15(4-2,14(18)19)10-11-12(16)7-6-8-13(11)17/h6-8H,3-5,9-10H2,1-2H3,(H,18,19). The average Bonchev–Trinajstić information content (AvgIpc) is 2.37. The van der Waals surface area contributed by atoms with Crippen molar-refractivity contribution in [2.24, 2.45) is 5.41 Å². The Balaban J connectivity index is 3.10. The quantitative estimate of drug-likeness (QED) is 0.751. The van der Waals surface area contributed by atoms with Crippen molar-refractivity contribution in [3.8, 4) is 0 Å². The van der Waals surface area contributed by atoms with Crippen LogP contribution >= 0.6 is 23.2 Å². The van der Waals surface area contributed by atoms with Gasteiger partial charge in [0.2, 0.25) is 0 Å². The second-order valence-corrected chi connectivity index (χ2v) is 5.73. The van der Waals surface area contributed by atoms with E-state index in [0.717, 1.165) is 18.4 Å². The van der Waals surface area contributed by atoms with E-state index in [2.05, 4.69) is 6.92 Å². The second-order valence-electron chi connectivity index (χ2n) is 4.92. The lowest BCUT2D eigenvalue weighted by Gasteiger charge is -2.29. The lowest BCUT2D eigenvalue weighted by atomic mass is 9.75. The number of carbonyl (C=O) groups is 1. The van der Waals surface area contributed by atoms with Crippen LogP contribution in [0.25, 0.3) is 0 Å². The van der Waals surface area contributed by atoms with E-state index in [1.54, 1.807) is 18.2 Å². The molecular formula is C15H20Cl2O2. The molecule has 0 saturated carbocycles. The molecule has 1 N–H and O–H groups in total. The van der Waals surface area contributed by atoms with Crippen LogP contribution < -0.4 is 0 Å². The lowest BCUT2D eigenvalue weighted by molar-refractivity contribution is -0.149. The first kappa shape index (κ1) is 16.3. The zero-order valence-corrected chi connectivity index (χ0v) is 12.9. The monoisotopic (exact) mass is 302 g/mol. The van der Waals surface area contributed by atoms with Gasteiger partial charge in [-0.05, 0) is 37.0 Å². The Kier molecular flexibility index (Phi) is 6.15. The minimum absolute atomic E-state index is 0.386. The number of hydrogen-bond donors (Lipinski definition) is 1. The van der Waals surface area contributed by atoms with Gasteiger partial charge in [-0.3, -0.25) is 4.79 Å². The Morgan fingerprint density at radius 2 is 1.84 bits per heavy atom. The summed E-state index contributed by atoms with van der Waals surface area (Å²) in [6, 6.07) is 5.28. The molecule has 1 unspecified atom stereocenters. The molecule has 0 aliphatic carbocycles. The zero-order valence-electron chi connectivity index (χ0n) is 11.4. The van der Waals surface area contributed by atoms with Crippen LogP contribution in [0.15, 0.2) is 18.2 Å². The Morgan fingerprint density at radius 1 is 1.26 bits per heavy atom. The Morgan fingerprint density at radius 3 is 2.26 bits per heavy atom. The Labute approximate surface area is 124 Å². The van der Waals surface area contributed by atoms with E-state index in [9.17, 15) is 9.90 Å². The first-order valence-electron chi connectivity index (χ1n) is 6.63. The molecule has 0 spiro atoms. The molecule has 1 aromatic rings. The van der Waals surface area contributed by atoms with Crippen molar-refractivity contribution < 1.29 is 9.90 Å². The molecule has 0 bridgehead atoms. The van der Waals surface area contributed by atoms with Gasteiger partial charge in [0.15, 0.2) is 0 Å². The molecule has 0 radical (unpaired) electrons. The van der Waals surface area contributed by atoms with Crippen LogP contribution in [0.4, 0.5) is 0 Å². The average molecular weight is 303 g/mol. The smallest absolute Gasteiger partial charge is 0.309 e. The maximum Gasteiger partial charge on any atom is 0.309 e. The molecule has 106 valence electrons. The highest BCUT2D eigenvalue weighted by Gasteiger charge is 2.37. The van der Waals surface area contributed by atoms with Crippen LogP contribution in [-0.4, -0.2) is 11.1 Å². The number of hydrogen-bond acceptors (Lipinski definition) is 1. The van der Waals surface area contributed by atoms with E-state index in [0.29, 0.717) is 29.3 Å². The van der Waals surface area contributed by atoms with Crippen molar-refractivity contribution in [1.82, 2.24) is 0 Å². The van der Waals surface area contributed by atoms with Gasteiger partial charge >= 0.3 is 5.97 Å². The maximum absolute atomic E-state index is 11.7. The summed E-state index contributed by atoms with van der Waals surface area (Å²) in [6.45, 7) is 3.97. The number of halogens is 2. The molecule has 0 saturated heterocycles. The third-order valence-electron chi connectivity index (χ3n) is 3.72. The summed E-state index contributed by atoms with van der Waals surface area (Å²) < 4.78 is 0. The van der Waals surface area contributed by atoms with Crippen LogP contribution in [0, 0.1) is 5.41 Å². The molecule has 1 atom stereocenters. The van der Waals surface area contributed by atoms with Gasteiger partial charge in [0, 0.05) is 10.0 Å². The normalized spacial score (nSPS) is 14.1. The molecule has 0 fully saturated rings. The first-order chi connectivity index (χ1) is 8.96. The van der Waals surface area contributed by atoms with Crippen molar-refractivity contribution in [1.29, 1.82) is 0 Å². The van der Waals surface area contributed by atoms with Crippen LogP contribution in [0.5, 0.6) is 0 Å². The molecule has 1 aromatic carbocycles. The van der Waals surface area contributed by atoms with Gasteiger partial charge in [-0.2, -0.15) is 0 Å². The van der Waals surface area contributed by atoms with Gasteiger partial charge in [0.05, 0.1) is 5.41 Å². The Hall–Kier alpha value is -0.730. The fourth-order valence-corrected chi connectivity index (χ4v) is 2.81. The van der Waals surface area contributed by atoms with Crippen molar-refractivity contribution >= 4 is 29.2 Å². The fourth-order valence-electron chi connectivity index (χ4n) is 2.28. The van der Waals surface area contributed by atoms with Gasteiger partial charge in [-0.15, -0.1) is 0 Å². The summed E-state index contributed by atoms with van der Waals surface area (Å²) in [4.78, 5) is 11.7. The molecular weight excluding hydrogens is 283 g/mol. The van der Waals surface area contributed by atoms with E-state index in [1.807, 2.05) is 6.92 Å².